The molecule has 0 amide bonds. The van der Waals surface area contributed by atoms with E-state index in [0.29, 0.717) is 17.2 Å². The SMILES string of the molecule is COc1cc(OC)c(C(N)c2cc(C)c(Cl)s2)cc1OC. The first-order valence-corrected chi connectivity index (χ1v) is 7.52. The van der Waals surface area contributed by atoms with Gasteiger partial charge in [0.25, 0.3) is 0 Å². The third-order valence-electron chi connectivity index (χ3n) is 3.25. The number of methoxy groups -OCH3 is 3. The Morgan fingerprint density at radius 1 is 1.00 bits per heavy atom. The molecular formula is C15H18ClNO3S. The van der Waals surface area contributed by atoms with Crippen molar-refractivity contribution in [2.75, 3.05) is 21.3 Å². The topological polar surface area (TPSA) is 53.7 Å². The van der Waals surface area contributed by atoms with Gasteiger partial charge in [-0.25, -0.2) is 0 Å². The van der Waals surface area contributed by atoms with E-state index in [-0.39, 0.29) is 6.04 Å². The summed E-state index contributed by atoms with van der Waals surface area (Å²) in [6.07, 6.45) is 0. The molecule has 2 aromatic rings. The Morgan fingerprint density at radius 3 is 2.05 bits per heavy atom. The fourth-order valence-electron chi connectivity index (χ4n) is 2.09. The van der Waals surface area contributed by atoms with Crippen LogP contribution in [-0.4, -0.2) is 21.3 Å². The first kappa shape index (κ1) is 15.9. The van der Waals surface area contributed by atoms with Crippen molar-refractivity contribution in [3.8, 4) is 17.2 Å². The summed E-state index contributed by atoms with van der Waals surface area (Å²) in [5.41, 5.74) is 8.21. The van der Waals surface area contributed by atoms with Crippen molar-refractivity contribution < 1.29 is 14.2 Å². The van der Waals surface area contributed by atoms with Crippen LogP contribution in [0, 0.1) is 6.92 Å². The number of halogens is 1. The van der Waals surface area contributed by atoms with Crippen LogP contribution < -0.4 is 19.9 Å². The second-order valence-corrected chi connectivity index (χ2v) is 6.22. The summed E-state index contributed by atoms with van der Waals surface area (Å²) >= 11 is 7.60. The molecule has 0 radical (unpaired) electrons. The van der Waals surface area contributed by atoms with E-state index in [2.05, 4.69) is 0 Å². The van der Waals surface area contributed by atoms with Crippen LogP contribution in [-0.2, 0) is 0 Å². The Kier molecular flexibility index (Phi) is 4.98. The minimum Gasteiger partial charge on any atom is -0.496 e. The molecular weight excluding hydrogens is 310 g/mol. The molecule has 2 N–H and O–H groups in total. The van der Waals surface area contributed by atoms with Crippen molar-refractivity contribution >= 4 is 22.9 Å². The average Bonchev–Trinajstić information content (AvgIpc) is 2.84. The Bertz CT molecular complexity index is 623. The molecule has 1 atom stereocenters. The number of thiophene rings is 1. The monoisotopic (exact) mass is 327 g/mol. The number of ether oxygens (including phenoxy) is 3. The standard InChI is InChI=1S/C15H18ClNO3S/c1-8-5-13(21-15(8)16)14(17)9-6-11(19-3)12(20-4)7-10(9)18-2/h5-7,14H,17H2,1-4H3. The summed E-state index contributed by atoms with van der Waals surface area (Å²) in [4.78, 5) is 0.975. The van der Waals surface area contributed by atoms with Crippen LogP contribution in [0.1, 0.15) is 22.0 Å². The van der Waals surface area contributed by atoms with Gasteiger partial charge in [0.2, 0.25) is 0 Å². The largest absolute Gasteiger partial charge is 0.496 e. The number of hydrogen-bond donors (Lipinski definition) is 1. The Morgan fingerprint density at radius 2 is 1.57 bits per heavy atom. The van der Waals surface area contributed by atoms with E-state index < -0.39 is 0 Å². The number of benzene rings is 1. The number of nitrogens with two attached hydrogens (primary N) is 1. The highest BCUT2D eigenvalue weighted by molar-refractivity contribution is 7.16. The van der Waals surface area contributed by atoms with E-state index in [9.17, 15) is 0 Å². The van der Waals surface area contributed by atoms with Gasteiger partial charge in [0.05, 0.1) is 31.7 Å². The molecule has 0 saturated heterocycles. The lowest BCUT2D eigenvalue weighted by atomic mass is 10.0. The fourth-order valence-corrected chi connectivity index (χ4v) is 3.32. The van der Waals surface area contributed by atoms with Crippen molar-refractivity contribution in [1.82, 2.24) is 0 Å². The van der Waals surface area contributed by atoms with Gasteiger partial charge in [-0.1, -0.05) is 11.6 Å². The lowest BCUT2D eigenvalue weighted by Crippen LogP contribution is -2.12. The lowest BCUT2D eigenvalue weighted by Gasteiger charge is -2.17. The van der Waals surface area contributed by atoms with Gasteiger partial charge in [0, 0.05) is 16.5 Å². The van der Waals surface area contributed by atoms with Crippen LogP contribution in [0.25, 0.3) is 0 Å². The van der Waals surface area contributed by atoms with Gasteiger partial charge in [0.15, 0.2) is 11.5 Å². The normalized spacial score (nSPS) is 12.1. The second-order valence-electron chi connectivity index (χ2n) is 4.53. The number of aryl methyl sites for hydroxylation is 1. The quantitative estimate of drug-likeness (QED) is 0.908. The molecule has 0 aliphatic rings. The maximum absolute atomic E-state index is 6.37. The average molecular weight is 328 g/mol. The van der Waals surface area contributed by atoms with E-state index in [0.717, 1.165) is 20.3 Å². The molecule has 0 bridgehead atoms. The molecule has 2 rings (SSSR count). The predicted molar refractivity (Wildman–Crippen MR) is 86.2 cm³/mol. The third-order valence-corrected chi connectivity index (χ3v) is 4.89. The molecule has 21 heavy (non-hydrogen) atoms. The Balaban J connectivity index is 2.50. The van der Waals surface area contributed by atoms with Gasteiger partial charge in [-0.2, -0.15) is 0 Å². The summed E-state index contributed by atoms with van der Waals surface area (Å²) < 4.78 is 16.8. The summed E-state index contributed by atoms with van der Waals surface area (Å²) in [6.45, 7) is 1.96. The van der Waals surface area contributed by atoms with Crippen LogP contribution in [0.3, 0.4) is 0 Å². The van der Waals surface area contributed by atoms with Gasteiger partial charge in [-0.15, -0.1) is 11.3 Å². The van der Waals surface area contributed by atoms with Crippen LogP contribution in [0.2, 0.25) is 4.34 Å². The van der Waals surface area contributed by atoms with Crippen LogP contribution in [0.5, 0.6) is 17.2 Å². The van der Waals surface area contributed by atoms with Gasteiger partial charge in [0.1, 0.15) is 5.75 Å². The van der Waals surface area contributed by atoms with E-state index in [1.165, 1.54) is 11.3 Å². The summed E-state index contributed by atoms with van der Waals surface area (Å²) in [7, 11) is 4.77. The van der Waals surface area contributed by atoms with Gasteiger partial charge >= 0.3 is 0 Å². The van der Waals surface area contributed by atoms with Crippen molar-refractivity contribution in [3.63, 3.8) is 0 Å². The Labute approximate surface area is 133 Å². The number of rotatable bonds is 5. The summed E-state index contributed by atoms with van der Waals surface area (Å²) in [5.74, 6) is 1.87. The molecule has 114 valence electrons. The highest BCUT2D eigenvalue weighted by atomic mass is 35.5. The van der Waals surface area contributed by atoms with Crippen molar-refractivity contribution in [2.45, 2.75) is 13.0 Å². The number of hydrogen-bond acceptors (Lipinski definition) is 5. The molecule has 1 aromatic heterocycles. The molecule has 0 saturated carbocycles. The molecule has 4 nitrogen and oxygen atoms in total. The first-order valence-electron chi connectivity index (χ1n) is 6.33. The molecule has 0 fully saturated rings. The molecule has 0 aliphatic heterocycles. The van der Waals surface area contributed by atoms with Crippen molar-refractivity contribution in [3.05, 3.63) is 38.5 Å². The minimum atomic E-state index is -0.337. The molecule has 1 heterocycles. The zero-order valence-corrected chi connectivity index (χ0v) is 14.0. The van der Waals surface area contributed by atoms with Gasteiger partial charge < -0.3 is 19.9 Å². The highest BCUT2D eigenvalue weighted by Gasteiger charge is 2.20. The predicted octanol–water partition coefficient (Wildman–Crippen LogP) is 3.78. The van der Waals surface area contributed by atoms with Gasteiger partial charge in [-0.05, 0) is 24.6 Å². The molecule has 1 aromatic carbocycles. The van der Waals surface area contributed by atoms with E-state index in [4.69, 9.17) is 31.5 Å². The van der Waals surface area contributed by atoms with Crippen molar-refractivity contribution in [2.24, 2.45) is 5.73 Å². The molecule has 6 heteroatoms. The van der Waals surface area contributed by atoms with E-state index >= 15 is 0 Å². The van der Waals surface area contributed by atoms with Crippen LogP contribution >= 0.6 is 22.9 Å². The molecule has 1 unspecified atom stereocenters. The lowest BCUT2D eigenvalue weighted by molar-refractivity contribution is 0.347. The van der Waals surface area contributed by atoms with Crippen molar-refractivity contribution in [1.29, 1.82) is 0 Å². The van der Waals surface area contributed by atoms with E-state index in [1.54, 1.807) is 27.4 Å². The zero-order valence-electron chi connectivity index (χ0n) is 12.4. The van der Waals surface area contributed by atoms with Crippen LogP contribution in [0.15, 0.2) is 18.2 Å². The minimum absolute atomic E-state index is 0.337. The zero-order chi connectivity index (χ0) is 15.6. The maximum Gasteiger partial charge on any atom is 0.164 e. The molecule has 0 aliphatic carbocycles. The second kappa shape index (κ2) is 6.56. The van der Waals surface area contributed by atoms with Gasteiger partial charge in [-0.3, -0.25) is 0 Å². The Hall–Kier alpha value is -1.43. The molecule has 0 spiro atoms. The summed E-state index contributed by atoms with van der Waals surface area (Å²) in [5, 5.41) is 0. The van der Waals surface area contributed by atoms with Crippen LogP contribution in [0.4, 0.5) is 0 Å². The highest BCUT2D eigenvalue weighted by Crippen LogP contribution is 2.41. The van der Waals surface area contributed by atoms with E-state index in [1.807, 2.05) is 19.1 Å². The first-order chi connectivity index (χ1) is 10.0. The maximum atomic E-state index is 6.37. The summed E-state index contributed by atoms with van der Waals surface area (Å²) in [6, 6.07) is 5.27. The fraction of sp³-hybridized carbons (Fsp3) is 0.333. The third kappa shape index (κ3) is 3.10. The smallest absolute Gasteiger partial charge is 0.164 e.